The molecule has 130 valence electrons. The fourth-order valence-electron chi connectivity index (χ4n) is 2.88. The van der Waals surface area contributed by atoms with E-state index in [-0.39, 0.29) is 11.8 Å². The zero-order valence-electron chi connectivity index (χ0n) is 14.5. The molecule has 1 atom stereocenters. The van der Waals surface area contributed by atoms with Crippen molar-refractivity contribution in [1.29, 1.82) is 0 Å². The van der Waals surface area contributed by atoms with Crippen molar-refractivity contribution in [1.82, 2.24) is 0 Å². The molecule has 1 heterocycles. The molecule has 0 saturated carbocycles. The molecule has 0 radical (unpaired) electrons. The van der Waals surface area contributed by atoms with Crippen LogP contribution in [0.5, 0.6) is 5.75 Å². The lowest BCUT2D eigenvalue weighted by atomic mass is 10.1. The first-order valence-electron chi connectivity index (χ1n) is 8.48. The first-order chi connectivity index (χ1) is 12.0. The first kappa shape index (κ1) is 17.0. The number of ether oxygens (including phenoxy) is 1. The van der Waals surface area contributed by atoms with Crippen LogP contribution in [0.15, 0.2) is 48.5 Å². The van der Waals surface area contributed by atoms with Crippen molar-refractivity contribution < 1.29 is 14.3 Å². The monoisotopic (exact) mass is 338 g/mol. The van der Waals surface area contributed by atoms with Crippen LogP contribution in [-0.2, 0) is 9.59 Å². The van der Waals surface area contributed by atoms with Crippen LogP contribution in [0.3, 0.4) is 0 Å². The van der Waals surface area contributed by atoms with E-state index in [0.29, 0.717) is 17.9 Å². The minimum Gasteiger partial charge on any atom is -0.481 e. The summed E-state index contributed by atoms with van der Waals surface area (Å²) < 4.78 is 5.64. The van der Waals surface area contributed by atoms with Gasteiger partial charge in [0.15, 0.2) is 6.10 Å². The molecule has 3 rings (SSSR count). The number of benzene rings is 2. The van der Waals surface area contributed by atoms with Gasteiger partial charge in [0, 0.05) is 24.3 Å². The molecule has 0 aliphatic carbocycles. The van der Waals surface area contributed by atoms with Gasteiger partial charge in [0.2, 0.25) is 5.91 Å². The number of nitrogens with zero attached hydrogens (tertiary/aromatic N) is 1. The van der Waals surface area contributed by atoms with Crippen LogP contribution in [-0.4, -0.2) is 24.5 Å². The Morgan fingerprint density at radius 2 is 1.96 bits per heavy atom. The third kappa shape index (κ3) is 3.99. The number of carbonyl (C=O) groups excluding carboxylic acids is 2. The van der Waals surface area contributed by atoms with Crippen LogP contribution < -0.4 is 15.0 Å². The van der Waals surface area contributed by atoms with Crippen molar-refractivity contribution in [2.45, 2.75) is 32.8 Å². The van der Waals surface area contributed by atoms with Crippen molar-refractivity contribution in [3.8, 4) is 5.75 Å². The summed E-state index contributed by atoms with van der Waals surface area (Å²) >= 11 is 0. The number of para-hydroxylation sites is 1. The Hall–Kier alpha value is -2.82. The number of aryl methyl sites for hydroxylation is 1. The first-order valence-corrected chi connectivity index (χ1v) is 8.48. The second-order valence-electron chi connectivity index (χ2n) is 6.21. The lowest BCUT2D eigenvalue weighted by molar-refractivity contribution is -0.122. The third-order valence-electron chi connectivity index (χ3n) is 4.27. The lowest BCUT2D eigenvalue weighted by Crippen LogP contribution is -2.30. The molecular weight excluding hydrogens is 316 g/mol. The van der Waals surface area contributed by atoms with Gasteiger partial charge in [0.05, 0.1) is 0 Å². The Morgan fingerprint density at radius 1 is 1.20 bits per heavy atom. The highest BCUT2D eigenvalue weighted by Gasteiger charge is 2.23. The molecule has 2 aromatic carbocycles. The molecule has 2 amide bonds. The average Bonchev–Trinajstić information content (AvgIpc) is 3.03. The highest BCUT2D eigenvalue weighted by atomic mass is 16.5. The predicted octanol–water partition coefficient (Wildman–Crippen LogP) is 3.53. The summed E-state index contributed by atoms with van der Waals surface area (Å²) in [4.78, 5) is 26.2. The van der Waals surface area contributed by atoms with Gasteiger partial charge in [-0.05, 0) is 50.1 Å². The van der Waals surface area contributed by atoms with E-state index in [0.717, 1.165) is 24.2 Å². The summed E-state index contributed by atoms with van der Waals surface area (Å²) in [6.45, 7) is 4.40. The van der Waals surface area contributed by atoms with Gasteiger partial charge in [-0.15, -0.1) is 0 Å². The molecular formula is C20H22N2O3. The molecule has 1 N–H and O–H groups in total. The summed E-state index contributed by atoms with van der Waals surface area (Å²) in [5.74, 6) is 0.552. The van der Waals surface area contributed by atoms with E-state index in [2.05, 4.69) is 5.32 Å². The Labute approximate surface area is 147 Å². The molecule has 0 spiro atoms. The van der Waals surface area contributed by atoms with Crippen LogP contribution in [0.25, 0.3) is 0 Å². The molecule has 2 aromatic rings. The Bertz CT molecular complexity index is 774. The van der Waals surface area contributed by atoms with Gasteiger partial charge in [-0.2, -0.15) is 0 Å². The quantitative estimate of drug-likeness (QED) is 0.907. The predicted molar refractivity (Wildman–Crippen MR) is 97.9 cm³/mol. The second kappa shape index (κ2) is 7.38. The maximum absolute atomic E-state index is 12.4. The number of hydrogen-bond donors (Lipinski definition) is 1. The molecule has 0 bridgehead atoms. The number of hydrogen-bond acceptors (Lipinski definition) is 3. The summed E-state index contributed by atoms with van der Waals surface area (Å²) in [5.41, 5.74) is 2.53. The minimum atomic E-state index is -0.624. The van der Waals surface area contributed by atoms with Crippen molar-refractivity contribution in [2.24, 2.45) is 0 Å². The van der Waals surface area contributed by atoms with Crippen LogP contribution in [0.4, 0.5) is 11.4 Å². The Kier molecular flexibility index (Phi) is 5.03. The number of anilines is 2. The maximum atomic E-state index is 12.4. The van der Waals surface area contributed by atoms with Crippen LogP contribution in [0, 0.1) is 6.92 Å². The summed E-state index contributed by atoms with van der Waals surface area (Å²) in [5, 5.41) is 2.87. The second-order valence-corrected chi connectivity index (χ2v) is 6.21. The van der Waals surface area contributed by atoms with Crippen LogP contribution in [0.1, 0.15) is 25.3 Å². The lowest BCUT2D eigenvalue weighted by Gasteiger charge is -2.20. The largest absolute Gasteiger partial charge is 0.481 e. The van der Waals surface area contributed by atoms with Gasteiger partial charge in [0.25, 0.3) is 5.91 Å². The SMILES string of the molecule is Cc1ccc(NC(=O)C(C)Oc2ccccc2)cc1N1CCCC1=O. The zero-order chi connectivity index (χ0) is 17.8. The average molecular weight is 338 g/mol. The van der Waals surface area contributed by atoms with Crippen molar-refractivity contribution in [3.63, 3.8) is 0 Å². The van der Waals surface area contributed by atoms with E-state index in [9.17, 15) is 9.59 Å². The summed E-state index contributed by atoms with van der Waals surface area (Å²) in [6.07, 6.45) is 0.829. The van der Waals surface area contributed by atoms with E-state index in [1.165, 1.54) is 0 Å². The van der Waals surface area contributed by atoms with Crippen LogP contribution >= 0.6 is 0 Å². The van der Waals surface area contributed by atoms with Gasteiger partial charge in [-0.3, -0.25) is 9.59 Å². The standard InChI is InChI=1S/C20H22N2O3/c1-14-10-11-16(13-18(14)22-12-6-9-19(22)23)21-20(24)15(2)25-17-7-4-3-5-8-17/h3-5,7-8,10-11,13,15H,6,9,12H2,1-2H3,(H,21,24). The van der Waals surface area contributed by atoms with Gasteiger partial charge >= 0.3 is 0 Å². The summed E-state index contributed by atoms with van der Waals surface area (Å²) in [7, 11) is 0. The molecule has 1 fully saturated rings. The highest BCUT2D eigenvalue weighted by Crippen LogP contribution is 2.28. The molecule has 5 nitrogen and oxygen atoms in total. The minimum absolute atomic E-state index is 0.132. The van der Waals surface area contributed by atoms with Crippen molar-refractivity contribution in [2.75, 3.05) is 16.8 Å². The normalized spacial score (nSPS) is 15.1. The Morgan fingerprint density at radius 3 is 2.64 bits per heavy atom. The van der Waals surface area contributed by atoms with E-state index in [1.54, 1.807) is 11.8 Å². The highest BCUT2D eigenvalue weighted by molar-refractivity contribution is 5.98. The summed E-state index contributed by atoms with van der Waals surface area (Å²) in [6, 6.07) is 14.8. The smallest absolute Gasteiger partial charge is 0.265 e. The van der Waals surface area contributed by atoms with E-state index >= 15 is 0 Å². The number of rotatable bonds is 5. The fourth-order valence-corrected chi connectivity index (χ4v) is 2.88. The maximum Gasteiger partial charge on any atom is 0.265 e. The molecule has 0 aromatic heterocycles. The Balaban J connectivity index is 1.70. The van der Waals surface area contributed by atoms with E-state index in [4.69, 9.17) is 4.74 Å². The van der Waals surface area contributed by atoms with E-state index in [1.807, 2.05) is 55.5 Å². The van der Waals surface area contributed by atoms with Crippen molar-refractivity contribution >= 4 is 23.2 Å². The molecule has 1 aliphatic rings. The van der Waals surface area contributed by atoms with Crippen molar-refractivity contribution in [3.05, 3.63) is 54.1 Å². The van der Waals surface area contributed by atoms with E-state index < -0.39 is 6.10 Å². The topological polar surface area (TPSA) is 58.6 Å². The van der Waals surface area contributed by atoms with Gasteiger partial charge in [-0.25, -0.2) is 0 Å². The molecule has 5 heteroatoms. The number of nitrogens with one attached hydrogen (secondary N) is 1. The van der Waals surface area contributed by atoms with Gasteiger partial charge < -0.3 is 15.0 Å². The van der Waals surface area contributed by atoms with Crippen LogP contribution in [0.2, 0.25) is 0 Å². The number of amides is 2. The molecule has 25 heavy (non-hydrogen) atoms. The zero-order valence-corrected chi connectivity index (χ0v) is 14.5. The molecule has 1 aliphatic heterocycles. The fraction of sp³-hybridized carbons (Fsp3) is 0.300. The molecule has 1 unspecified atom stereocenters. The third-order valence-corrected chi connectivity index (χ3v) is 4.27. The van der Waals surface area contributed by atoms with Gasteiger partial charge in [0.1, 0.15) is 5.75 Å². The van der Waals surface area contributed by atoms with Gasteiger partial charge in [-0.1, -0.05) is 24.3 Å². The molecule has 1 saturated heterocycles. The number of carbonyl (C=O) groups is 2.